The standard InChI is InChI=1S/C18H21BrN8O/c1-11-10-28-8-7-26(11)15-9-12(14-4-6-21-25(14)2)16-17(19)22-18(27(16)24-15)13-3-5-20-23-13/h3,5-6,9,11,14H,4,7-8,10H2,1-2H3,(H,20,23). The molecule has 3 aromatic heterocycles. The number of nitrogens with zero attached hydrogens (tertiary/aromatic N) is 7. The summed E-state index contributed by atoms with van der Waals surface area (Å²) in [5.41, 5.74) is 2.92. The molecule has 0 aliphatic carbocycles. The van der Waals surface area contributed by atoms with E-state index in [1.807, 2.05) is 28.9 Å². The van der Waals surface area contributed by atoms with Crippen LogP contribution in [0, 0.1) is 0 Å². The molecule has 3 aromatic rings. The van der Waals surface area contributed by atoms with Crippen LogP contribution in [0.5, 0.6) is 0 Å². The SMILES string of the molecule is CC1COCCN1c1cc(C2CC=NN2C)c2c(Br)nc(-c3ccn[nH]3)n2n1. The number of halogens is 1. The fourth-order valence-electron chi connectivity index (χ4n) is 3.92. The number of anilines is 1. The van der Waals surface area contributed by atoms with Crippen molar-refractivity contribution in [2.45, 2.75) is 25.4 Å². The molecule has 0 bridgehead atoms. The summed E-state index contributed by atoms with van der Waals surface area (Å²) in [7, 11) is 2.00. The molecule has 5 rings (SSSR count). The van der Waals surface area contributed by atoms with Crippen molar-refractivity contribution >= 4 is 33.5 Å². The van der Waals surface area contributed by atoms with E-state index in [0.29, 0.717) is 13.2 Å². The van der Waals surface area contributed by atoms with Crippen molar-refractivity contribution in [3.8, 4) is 11.5 Å². The first-order chi connectivity index (χ1) is 13.6. The monoisotopic (exact) mass is 444 g/mol. The van der Waals surface area contributed by atoms with E-state index >= 15 is 0 Å². The molecule has 0 spiro atoms. The molecule has 2 unspecified atom stereocenters. The van der Waals surface area contributed by atoms with E-state index in [0.717, 1.165) is 46.0 Å². The second-order valence-corrected chi connectivity index (χ2v) is 7.91. The van der Waals surface area contributed by atoms with Crippen molar-refractivity contribution in [3.63, 3.8) is 0 Å². The summed E-state index contributed by atoms with van der Waals surface area (Å²) in [5.74, 6) is 1.65. The van der Waals surface area contributed by atoms with Gasteiger partial charge < -0.3 is 9.64 Å². The van der Waals surface area contributed by atoms with E-state index in [4.69, 9.17) is 14.8 Å². The zero-order valence-corrected chi connectivity index (χ0v) is 17.3. The molecule has 146 valence electrons. The van der Waals surface area contributed by atoms with Crippen molar-refractivity contribution in [3.05, 3.63) is 28.5 Å². The number of aromatic nitrogens is 5. The maximum atomic E-state index is 5.62. The third kappa shape index (κ3) is 2.78. The first-order valence-corrected chi connectivity index (χ1v) is 10.1. The molecule has 1 saturated heterocycles. The number of rotatable bonds is 3. The third-order valence-corrected chi connectivity index (χ3v) is 5.93. The Labute approximate surface area is 170 Å². The number of nitrogens with one attached hydrogen (secondary N) is 1. The van der Waals surface area contributed by atoms with Gasteiger partial charge in [0.2, 0.25) is 0 Å². The minimum absolute atomic E-state index is 0.142. The molecule has 2 aliphatic heterocycles. The Morgan fingerprint density at radius 3 is 2.96 bits per heavy atom. The van der Waals surface area contributed by atoms with Gasteiger partial charge in [0.1, 0.15) is 21.6 Å². The van der Waals surface area contributed by atoms with Gasteiger partial charge in [0.05, 0.1) is 25.3 Å². The van der Waals surface area contributed by atoms with E-state index in [-0.39, 0.29) is 12.1 Å². The summed E-state index contributed by atoms with van der Waals surface area (Å²) >= 11 is 3.65. The molecular formula is C18H21BrN8O. The van der Waals surface area contributed by atoms with E-state index in [9.17, 15) is 0 Å². The maximum Gasteiger partial charge on any atom is 0.180 e. The van der Waals surface area contributed by atoms with Crippen molar-refractivity contribution < 1.29 is 4.74 Å². The fourth-order valence-corrected chi connectivity index (χ4v) is 4.48. The Bertz CT molecular complexity index is 1030. The molecular weight excluding hydrogens is 424 g/mol. The molecule has 0 amide bonds. The molecule has 0 saturated carbocycles. The molecule has 2 aliphatic rings. The summed E-state index contributed by atoms with van der Waals surface area (Å²) in [6, 6.07) is 4.48. The van der Waals surface area contributed by atoms with Crippen molar-refractivity contribution in [2.24, 2.45) is 5.10 Å². The smallest absolute Gasteiger partial charge is 0.180 e. The number of fused-ring (bicyclic) bond motifs is 1. The van der Waals surface area contributed by atoms with Gasteiger partial charge in [-0.1, -0.05) is 0 Å². The minimum atomic E-state index is 0.142. The summed E-state index contributed by atoms with van der Waals surface area (Å²) in [6.07, 6.45) is 4.53. The van der Waals surface area contributed by atoms with Gasteiger partial charge in [-0.05, 0) is 35.0 Å². The zero-order chi connectivity index (χ0) is 19.3. The van der Waals surface area contributed by atoms with Crippen LogP contribution in [0.4, 0.5) is 5.82 Å². The first kappa shape index (κ1) is 17.6. The largest absolute Gasteiger partial charge is 0.377 e. The lowest BCUT2D eigenvalue weighted by molar-refractivity contribution is 0.0984. The van der Waals surface area contributed by atoms with Crippen LogP contribution >= 0.6 is 15.9 Å². The highest BCUT2D eigenvalue weighted by Crippen LogP contribution is 2.37. The van der Waals surface area contributed by atoms with E-state index in [1.165, 1.54) is 0 Å². The average molecular weight is 445 g/mol. The van der Waals surface area contributed by atoms with Crippen LogP contribution in [-0.4, -0.2) is 68.9 Å². The second kappa shape index (κ2) is 6.85. The van der Waals surface area contributed by atoms with E-state index < -0.39 is 0 Å². The number of aromatic amines is 1. The predicted octanol–water partition coefficient (Wildman–Crippen LogP) is 2.47. The lowest BCUT2D eigenvalue weighted by Crippen LogP contribution is -2.44. The Balaban J connectivity index is 1.74. The van der Waals surface area contributed by atoms with Gasteiger partial charge in [0, 0.05) is 38.0 Å². The molecule has 10 heteroatoms. The van der Waals surface area contributed by atoms with Crippen LogP contribution in [0.3, 0.4) is 0 Å². The molecule has 5 heterocycles. The van der Waals surface area contributed by atoms with Crippen molar-refractivity contribution in [2.75, 3.05) is 31.7 Å². The molecule has 9 nitrogen and oxygen atoms in total. The Morgan fingerprint density at radius 1 is 1.36 bits per heavy atom. The second-order valence-electron chi connectivity index (χ2n) is 7.16. The zero-order valence-electron chi connectivity index (χ0n) is 15.7. The number of imidazole rings is 1. The number of hydrazone groups is 1. The summed E-state index contributed by atoms with van der Waals surface area (Å²) in [4.78, 5) is 7.04. The van der Waals surface area contributed by atoms with Crippen LogP contribution in [0.2, 0.25) is 0 Å². The molecule has 28 heavy (non-hydrogen) atoms. The van der Waals surface area contributed by atoms with Gasteiger partial charge in [0.25, 0.3) is 0 Å². The lowest BCUT2D eigenvalue weighted by Gasteiger charge is -2.34. The average Bonchev–Trinajstić information content (AvgIpc) is 3.42. The van der Waals surface area contributed by atoms with E-state index in [1.54, 1.807) is 6.20 Å². The van der Waals surface area contributed by atoms with Crippen LogP contribution in [-0.2, 0) is 4.74 Å². The van der Waals surface area contributed by atoms with Gasteiger partial charge in [0.15, 0.2) is 5.82 Å². The predicted molar refractivity (Wildman–Crippen MR) is 110 cm³/mol. The number of hydrogen-bond acceptors (Lipinski definition) is 7. The molecule has 2 atom stereocenters. The number of H-pyrrole nitrogens is 1. The van der Waals surface area contributed by atoms with Gasteiger partial charge >= 0.3 is 0 Å². The third-order valence-electron chi connectivity index (χ3n) is 5.38. The van der Waals surface area contributed by atoms with Gasteiger partial charge in [-0.15, -0.1) is 5.10 Å². The van der Waals surface area contributed by atoms with Crippen LogP contribution in [0.25, 0.3) is 17.0 Å². The summed E-state index contributed by atoms with van der Waals surface area (Å²) in [5, 5.41) is 18.5. The number of hydrogen-bond donors (Lipinski definition) is 1. The topological polar surface area (TPSA) is 86.9 Å². The number of morpholine rings is 1. The highest BCUT2D eigenvalue weighted by molar-refractivity contribution is 9.10. The van der Waals surface area contributed by atoms with Crippen LogP contribution in [0.15, 0.2) is 28.0 Å². The molecule has 0 aromatic carbocycles. The van der Waals surface area contributed by atoms with Crippen LogP contribution in [0.1, 0.15) is 24.9 Å². The van der Waals surface area contributed by atoms with Crippen molar-refractivity contribution in [1.29, 1.82) is 0 Å². The molecule has 0 radical (unpaired) electrons. The first-order valence-electron chi connectivity index (χ1n) is 9.32. The quantitative estimate of drug-likeness (QED) is 0.667. The maximum absolute atomic E-state index is 5.62. The Kier molecular flexibility index (Phi) is 4.31. The van der Waals surface area contributed by atoms with Crippen LogP contribution < -0.4 is 4.90 Å². The Morgan fingerprint density at radius 2 is 2.25 bits per heavy atom. The van der Waals surface area contributed by atoms with E-state index in [2.05, 4.69) is 49.1 Å². The minimum Gasteiger partial charge on any atom is -0.377 e. The molecule has 1 N–H and O–H groups in total. The van der Waals surface area contributed by atoms with Gasteiger partial charge in [-0.3, -0.25) is 10.1 Å². The summed E-state index contributed by atoms with van der Waals surface area (Å²) < 4.78 is 8.30. The fraction of sp³-hybridized carbons (Fsp3) is 0.444. The lowest BCUT2D eigenvalue weighted by atomic mass is 10.0. The summed E-state index contributed by atoms with van der Waals surface area (Å²) in [6.45, 7) is 4.37. The highest BCUT2D eigenvalue weighted by atomic mass is 79.9. The normalized spacial score (nSPS) is 22.5. The van der Waals surface area contributed by atoms with Gasteiger partial charge in [-0.2, -0.15) is 10.2 Å². The number of ether oxygens (including phenoxy) is 1. The Hall–Kier alpha value is -2.46. The van der Waals surface area contributed by atoms with Crippen molar-refractivity contribution in [1.82, 2.24) is 29.8 Å². The van der Waals surface area contributed by atoms with Gasteiger partial charge in [-0.25, -0.2) is 9.50 Å². The highest BCUT2D eigenvalue weighted by Gasteiger charge is 2.29. The molecule has 1 fully saturated rings.